The van der Waals surface area contributed by atoms with E-state index in [9.17, 15) is 14.0 Å². The predicted molar refractivity (Wildman–Crippen MR) is 75.3 cm³/mol. The van der Waals surface area contributed by atoms with Gasteiger partial charge in [0.2, 0.25) is 5.91 Å². The summed E-state index contributed by atoms with van der Waals surface area (Å²) >= 11 is 0. The second-order valence-corrected chi connectivity index (χ2v) is 4.11. The maximum absolute atomic E-state index is 13.0. The molecule has 2 aromatic rings. The van der Waals surface area contributed by atoms with Crippen LogP contribution in [0.5, 0.6) is 0 Å². The number of carboxylic acids is 1. The molecule has 0 aliphatic heterocycles. The van der Waals surface area contributed by atoms with Gasteiger partial charge in [-0.3, -0.25) is 4.79 Å². The van der Waals surface area contributed by atoms with Gasteiger partial charge in [-0.1, -0.05) is 12.1 Å². The molecule has 1 aromatic carbocycles. The van der Waals surface area contributed by atoms with E-state index in [0.29, 0.717) is 11.3 Å². The molecular formula is C15H11FN2O3. The Morgan fingerprint density at radius 3 is 2.67 bits per heavy atom. The number of hydrogen-bond acceptors (Lipinski definition) is 3. The van der Waals surface area contributed by atoms with Crippen LogP contribution in [0.4, 0.5) is 10.1 Å². The number of benzene rings is 1. The Morgan fingerprint density at radius 1 is 1.24 bits per heavy atom. The Labute approximate surface area is 119 Å². The number of carbonyl (C=O) groups excluding carboxylic acids is 1. The lowest BCUT2D eigenvalue weighted by Crippen LogP contribution is -2.09. The standard InChI is InChI=1S/C15H11FN2O3/c16-11-3-1-2-10(8-11)4-7-14(19)18-12-5-6-13(15(20)21)17-9-12/h1-9H,(H,18,19)(H,20,21)/b7-4+. The number of carboxylic acid groups (broad SMARTS) is 1. The number of hydrogen-bond donors (Lipinski definition) is 2. The van der Waals surface area contributed by atoms with E-state index in [1.165, 1.54) is 42.6 Å². The molecule has 0 saturated carbocycles. The maximum Gasteiger partial charge on any atom is 0.354 e. The highest BCUT2D eigenvalue weighted by Gasteiger charge is 2.04. The van der Waals surface area contributed by atoms with Crippen molar-refractivity contribution in [3.8, 4) is 0 Å². The van der Waals surface area contributed by atoms with Crippen molar-refractivity contribution < 1.29 is 19.1 Å². The number of pyridine rings is 1. The summed E-state index contributed by atoms with van der Waals surface area (Å²) in [4.78, 5) is 26.0. The van der Waals surface area contributed by atoms with Crippen molar-refractivity contribution in [2.24, 2.45) is 0 Å². The number of carbonyl (C=O) groups is 2. The first kappa shape index (κ1) is 14.4. The normalized spacial score (nSPS) is 10.5. The first-order valence-corrected chi connectivity index (χ1v) is 5.98. The van der Waals surface area contributed by atoms with E-state index >= 15 is 0 Å². The van der Waals surface area contributed by atoms with E-state index in [4.69, 9.17) is 5.11 Å². The maximum atomic E-state index is 13.0. The summed E-state index contributed by atoms with van der Waals surface area (Å²) in [6, 6.07) is 8.54. The van der Waals surface area contributed by atoms with Crippen molar-refractivity contribution in [3.63, 3.8) is 0 Å². The second-order valence-electron chi connectivity index (χ2n) is 4.11. The van der Waals surface area contributed by atoms with Crippen molar-refractivity contribution in [1.29, 1.82) is 0 Å². The Bertz CT molecular complexity index is 696. The van der Waals surface area contributed by atoms with Gasteiger partial charge in [0.25, 0.3) is 0 Å². The predicted octanol–water partition coefficient (Wildman–Crippen LogP) is 2.57. The topological polar surface area (TPSA) is 79.3 Å². The summed E-state index contributed by atoms with van der Waals surface area (Å²) in [6.07, 6.45) is 3.97. The molecule has 2 rings (SSSR count). The van der Waals surface area contributed by atoms with Gasteiger partial charge in [-0.2, -0.15) is 0 Å². The first-order chi connectivity index (χ1) is 10.0. The molecule has 0 aliphatic rings. The molecule has 0 saturated heterocycles. The third-order valence-electron chi connectivity index (χ3n) is 2.53. The fraction of sp³-hybridized carbons (Fsp3) is 0. The van der Waals surface area contributed by atoms with Crippen LogP contribution in [0.1, 0.15) is 16.1 Å². The zero-order valence-electron chi connectivity index (χ0n) is 10.8. The van der Waals surface area contributed by atoms with Gasteiger partial charge in [-0.15, -0.1) is 0 Å². The Hall–Kier alpha value is -3.02. The fourth-order valence-electron chi connectivity index (χ4n) is 1.56. The highest BCUT2D eigenvalue weighted by atomic mass is 19.1. The number of nitrogens with zero attached hydrogens (tertiary/aromatic N) is 1. The van der Waals surface area contributed by atoms with Crippen LogP contribution in [-0.4, -0.2) is 22.0 Å². The Kier molecular flexibility index (Phi) is 4.40. The summed E-state index contributed by atoms with van der Waals surface area (Å²) in [5.74, 6) is -1.95. The van der Waals surface area contributed by atoms with Crippen LogP contribution < -0.4 is 5.32 Å². The van der Waals surface area contributed by atoms with Crippen LogP contribution in [0.2, 0.25) is 0 Å². The summed E-state index contributed by atoms with van der Waals surface area (Å²) in [7, 11) is 0. The van der Waals surface area contributed by atoms with Gasteiger partial charge in [0, 0.05) is 6.08 Å². The van der Waals surface area contributed by atoms with Gasteiger partial charge in [0.05, 0.1) is 11.9 Å². The van der Waals surface area contributed by atoms with Crippen molar-refractivity contribution >= 4 is 23.6 Å². The number of nitrogens with one attached hydrogen (secondary N) is 1. The minimum Gasteiger partial charge on any atom is -0.477 e. The third kappa shape index (κ3) is 4.24. The van der Waals surface area contributed by atoms with Gasteiger partial charge < -0.3 is 10.4 Å². The van der Waals surface area contributed by atoms with Crippen LogP contribution in [0.25, 0.3) is 6.08 Å². The smallest absolute Gasteiger partial charge is 0.354 e. The minimum atomic E-state index is -1.14. The molecule has 0 fully saturated rings. The lowest BCUT2D eigenvalue weighted by Gasteiger charge is -2.01. The first-order valence-electron chi connectivity index (χ1n) is 5.98. The third-order valence-corrected chi connectivity index (χ3v) is 2.53. The summed E-state index contributed by atoms with van der Waals surface area (Å²) in [5.41, 5.74) is 0.821. The van der Waals surface area contributed by atoms with Crippen molar-refractivity contribution in [3.05, 3.63) is 65.7 Å². The number of halogens is 1. The van der Waals surface area contributed by atoms with Gasteiger partial charge in [0.1, 0.15) is 11.5 Å². The molecule has 1 heterocycles. The van der Waals surface area contributed by atoms with Crippen LogP contribution in [0.15, 0.2) is 48.7 Å². The number of aromatic carboxylic acids is 1. The monoisotopic (exact) mass is 286 g/mol. The van der Waals surface area contributed by atoms with Crippen LogP contribution >= 0.6 is 0 Å². The number of amides is 1. The van der Waals surface area contributed by atoms with Gasteiger partial charge in [0.15, 0.2) is 0 Å². The Morgan fingerprint density at radius 2 is 2.05 bits per heavy atom. The molecular weight excluding hydrogens is 275 g/mol. The zero-order valence-corrected chi connectivity index (χ0v) is 10.8. The second kappa shape index (κ2) is 6.42. The summed E-state index contributed by atoms with van der Waals surface area (Å²) in [6.45, 7) is 0. The number of rotatable bonds is 4. The summed E-state index contributed by atoms with van der Waals surface area (Å²) < 4.78 is 13.0. The van der Waals surface area contributed by atoms with E-state index in [0.717, 1.165) is 0 Å². The zero-order chi connectivity index (χ0) is 15.2. The van der Waals surface area contributed by atoms with Crippen molar-refractivity contribution in [2.75, 3.05) is 5.32 Å². The highest BCUT2D eigenvalue weighted by Crippen LogP contribution is 2.08. The minimum absolute atomic E-state index is 0.108. The average molecular weight is 286 g/mol. The molecule has 2 N–H and O–H groups in total. The van der Waals surface area contributed by atoms with E-state index in [1.807, 2.05) is 0 Å². The molecule has 0 atom stereocenters. The van der Waals surface area contributed by atoms with Gasteiger partial charge in [-0.05, 0) is 35.9 Å². The van der Waals surface area contributed by atoms with Crippen LogP contribution in [0, 0.1) is 5.82 Å². The van der Waals surface area contributed by atoms with Gasteiger partial charge in [-0.25, -0.2) is 14.2 Å². The molecule has 21 heavy (non-hydrogen) atoms. The van der Waals surface area contributed by atoms with Gasteiger partial charge >= 0.3 is 5.97 Å². The van der Waals surface area contributed by atoms with E-state index in [-0.39, 0.29) is 11.5 Å². The summed E-state index contributed by atoms with van der Waals surface area (Å²) in [5, 5.41) is 11.2. The Balaban J connectivity index is 1.99. The van der Waals surface area contributed by atoms with Crippen molar-refractivity contribution in [2.45, 2.75) is 0 Å². The molecule has 6 heteroatoms. The average Bonchev–Trinajstić information content (AvgIpc) is 2.46. The quantitative estimate of drug-likeness (QED) is 0.847. The molecule has 1 aromatic heterocycles. The molecule has 5 nitrogen and oxygen atoms in total. The van der Waals surface area contributed by atoms with E-state index in [1.54, 1.807) is 12.1 Å². The van der Waals surface area contributed by atoms with E-state index < -0.39 is 11.9 Å². The molecule has 106 valence electrons. The lowest BCUT2D eigenvalue weighted by atomic mass is 10.2. The highest BCUT2D eigenvalue weighted by molar-refractivity contribution is 6.02. The largest absolute Gasteiger partial charge is 0.477 e. The van der Waals surface area contributed by atoms with Crippen LogP contribution in [0.3, 0.4) is 0 Å². The molecule has 0 aliphatic carbocycles. The number of aromatic nitrogens is 1. The molecule has 0 radical (unpaired) electrons. The van der Waals surface area contributed by atoms with Crippen LogP contribution in [-0.2, 0) is 4.79 Å². The molecule has 1 amide bonds. The molecule has 0 bridgehead atoms. The number of anilines is 1. The molecule has 0 spiro atoms. The SMILES string of the molecule is O=C(/C=C/c1cccc(F)c1)Nc1ccc(C(=O)O)nc1. The van der Waals surface area contributed by atoms with Crippen molar-refractivity contribution in [1.82, 2.24) is 4.98 Å². The fourth-order valence-corrected chi connectivity index (χ4v) is 1.56. The van der Waals surface area contributed by atoms with E-state index in [2.05, 4.69) is 10.3 Å². The molecule has 0 unspecified atom stereocenters. The lowest BCUT2D eigenvalue weighted by molar-refractivity contribution is -0.111.